The molecule has 3 heteroatoms. The normalized spacial score (nSPS) is 25.0. The van der Waals surface area contributed by atoms with Gasteiger partial charge in [0.25, 0.3) is 0 Å². The van der Waals surface area contributed by atoms with Crippen molar-refractivity contribution in [2.24, 2.45) is 0 Å². The number of benzene rings is 1. The van der Waals surface area contributed by atoms with Gasteiger partial charge in [0.1, 0.15) is 0 Å². The van der Waals surface area contributed by atoms with E-state index in [9.17, 15) is 4.79 Å². The highest BCUT2D eigenvalue weighted by Crippen LogP contribution is 2.46. The number of hydrogen-bond donors (Lipinski definition) is 1. The first-order valence-electron chi connectivity index (χ1n) is 8.74. The number of rotatable bonds is 5. The first-order chi connectivity index (χ1) is 10.6. The quantitative estimate of drug-likeness (QED) is 0.906. The SMILES string of the molecule is Cc1cccc(C2(C(=O)NC3(CN4CCC4)CC3)CCC2)c1. The van der Waals surface area contributed by atoms with E-state index >= 15 is 0 Å². The average molecular weight is 298 g/mol. The molecule has 1 saturated heterocycles. The highest BCUT2D eigenvalue weighted by Gasteiger charge is 2.52. The van der Waals surface area contributed by atoms with Gasteiger partial charge < -0.3 is 10.2 Å². The van der Waals surface area contributed by atoms with Crippen molar-refractivity contribution < 1.29 is 4.79 Å². The number of likely N-dealkylation sites (tertiary alicyclic amines) is 1. The van der Waals surface area contributed by atoms with Crippen LogP contribution in [0.15, 0.2) is 24.3 Å². The molecule has 2 aliphatic carbocycles. The standard InChI is InChI=1S/C19H26N2O/c1-15-5-2-6-16(13-15)19(7-3-8-19)17(22)20-18(9-10-18)14-21-11-4-12-21/h2,5-6,13H,3-4,7-12,14H2,1H3,(H,20,22). The maximum Gasteiger partial charge on any atom is 0.231 e. The lowest BCUT2D eigenvalue weighted by Crippen LogP contribution is -2.56. The fourth-order valence-corrected chi connectivity index (χ4v) is 3.92. The third kappa shape index (κ3) is 2.36. The van der Waals surface area contributed by atoms with Crippen LogP contribution in [0.3, 0.4) is 0 Å². The lowest BCUT2D eigenvalue weighted by Gasteiger charge is -2.43. The molecular weight excluding hydrogens is 272 g/mol. The Balaban J connectivity index is 1.50. The molecule has 22 heavy (non-hydrogen) atoms. The van der Waals surface area contributed by atoms with Gasteiger partial charge in [0.2, 0.25) is 5.91 Å². The first kappa shape index (κ1) is 14.3. The topological polar surface area (TPSA) is 32.3 Å². The summed E-state index contributed by atoms with van der Waals surface area (Å²) in [5.41, 5.74) is 2.30. The lowest BCUT2D eigenvalue weighted by molar-refractivity contribution is -0.131. The van der Waals surface area contributed by atoms with E-state index < -0.39 is 0 Å². The Labute approximate surface area is 133 Å². The van der Waals surface area contributed by atoms with E-state index in [-0.39, 0.29) is 16.9 Å². The fraction of sp³-hybridized carbons (Fsp3) is 0.632. The van der Waals surface area contributed by atoms with Crippen LogP contribution in [0, 0.1) is 6.92 Å². The average Bonchev–Trinajstić information content (AvgIpc) is 3.13. The van der Waals surface area contributed by atoms with E-state index in [0.717, 1.165) is 32.2 Å². The van der Waals surface area contributed by atoms with Gasteiger partial charge in [0, 0.05) is 6.54 Å². The summed E-state index contributed by atoms with van der Waals surface area (Å²) in [6.45, 7) is 5.59. The molecule has 4 rings (SSSR count). The molecule has 1 N–H and O–H groups in total. The molecule has 0 atom stereocenters. The van der Waals surface area contributed by atoms with Crippen molar-refractivity contribution in [1.29, 1.82) is 0 Å². The monoisotopic (exact) mass is 298 g/mol. The number of nitrogens with zero attached hydrogens (tertiary/aromatic N) is 1. The number of aryl methyl sites for hydroxylation is 1. The summed E-state index contributed by atoms with van der Waals surface area (Å²) in [6.07, 6.45) is 6.79. The highest BCUT2D eigenvalue weighted by molar-refractivity contribution is 5.90. The van der Waals surface area contributed by atoms with Gasteiger partial charge in [-0.3, -0.25) is 4.79 Å². The van der Waals surface area contributed by atoms with Gasteiger partial charge in [-0.1, -0.05) is 36.2 Å². The summed E-state index contributed by atoms with van der Waals surface area (Å²) in [6, 6.07) is 8.54. The second-order valence-corrected chi connectivity index (χ2v) is 7.67. The molecule has 0 bridgehead atoms. The maximum absolute atomic E-state index is 13.1. The Kier molecular flexibility index (Phi) is 3.30. The zero-order chi connectivity index (χ0) is 15.2. The zero-order valence-corrected chi connectivity index (χ0v) is 13.5. The minimum atomic E-state index is -0.253. The molecule has 0 unspecified atom stereocenters. The van der Waals surface area contributed by atoms with Gasteiger partial charge in [-0.15, -0.1) is 0 Å². The van der Waals surface area contributed by atoms with Gasteiger partial charge in [0.05, 0.1) is 11.0 Å². The van der Waals surface area contributed by atoms with Gasteiger partial charge in [-0.25, -0.2) is 0 Å². The third-order valence-electron chi connectivity index (χ3n) is 5.92. The zero-order valence-electron chi connectivity index (χ0n) is 13.5. The molecule has 3 fully saturated rings. The molecular formula is C19H26N2O. The minimum absolute atomic E-state index is 0.0872. The summed E-state index contributed by atoms with van der Waals surface area (Å²) >= 11 is 0. The number of hydrogen-bond acceptors (Lipinski definition) is 2. The summed E-state index contributed by atoms with van der Waals surface area (Å²) < 4.78 is 0. The molecule has 3 aliphatic rings. The molecule has 2 saturated carbocycles. The van der Waals surface area contributed by atoms with Gasteiger partial charge in [-0.05, 0) is 57.7 Å². The van der Waals surface area contributed by atoms with Crippen molar-refractivity contribution in [3.8, 4) is 0 Å². The molecule has 1 aromatic carbocycles. The van der Waals surface area contributed by atoms with Crippen molar-refractivity contribution >= 4 is 5.91 Å². The second-order valence-electron chi connectivity index (χ2n) is 7.67. The number of carbonyl (C=O) groups excluding carboxylic acids is 1. The number of amides is 1. The van der Waals surface area contributed by atoms with Crippen molar-refractivity contribution in [2.75, 3.05) is 19.6 Å². The predicted molar refractivity (Wildman–Crippen MR) is 87.9 cm³/mol. The number of carbonyl (C=O) groups is 1. The van der Waals surface area contributed by atoms with Crippen LogP contribution < -0.4 is 5.32 Å². The van der Waals surface area contributed by atoms with Crippen LogP contribution in [0.5, 0.6) is 0 Å². The largest absolute Gasteiger partial charge is 0.349 e. The van der Waals surface area contributed by atoms with Crippen LogP contribution in [0.4, 0.5) is 0 Å². The van der Waals surface area contributed by atoms with Crippen molar-refractivity contribution in [3.05, 3.63) is 35.4 Å². The van der Waals surface area contributed by atoms with E-state index in [1.807, 2.05) is 0 Å². The van der Waals surface area contributed by atoms with Crippen LogP contribution in [0.25, 0.3) is 0 Å². The molecule has 0 spiro atoms. The van der Waals surface area contributed by atoms with Gasteiger partial charge in [0.15, 0.2) is 0 Å². The Morgan fingerprint density at radius 1 is 1.18 bits per heavy atom. The van der Waals surface area contributed by atoms with Crippen molar-refractivity contribution in [3.63, 3.8) is 0 Å². The Hall–Kier alpha value is -1.35. The van der Waals surface area contributed by atoms with Crippen LogP contribution >= 0.6 is 0 Å². The Bertz CT molecular complexity index is 583. The van der Waals surface area contributed by atoms with Crippen LogP contribution in [0.2, 0.25) is 0 Å². The molecule has 1 aliphatic heterocycles. The van der Waals surface area contributed by atoms with Crippen LogP contribution in [-0.4, -0.2) is 36.0 Å². The van der Waals surface area contributed by atoms with Crippen molar-refractivity contribution in [1.82, 2.24) is 10.2 Å². The summed E-state index contributed by atoms with van der Waals surface area (Å²) in [5, 5.41) is 3.45. The Morgan fingerprint density at radius 2 is 1.95 bits per heavy atom. The molecule has 1 aromatic rings. The fourth-order valence-electron chi connectivity index (χ4n) is 3.92. The molecule has 0 radical (unpaired) electrons. The van der Waals surface area contributed by atoms with E-state index in [2.05, 4.69) is 41.4 Å². The lowest BCUT2D eigenvalue weighted by atomic mass is 9.63. The Morgan fingerprint density at radius 3 is 2.45 bits per heavy atom. The van der Waals surface area contributed by atoms with Crippen molar-refractivity contribution in [2.45, 2.75) is 56.4 Å². The first-order valence-corrected chi connectivity index (χ1v) is 8.74. The maximum atomic E-state index is 13.1. The van der Waals surface area contributed by atoms with Crippen LogP contribution in [-0.2, 0) is 10.2 Å². The van der Waals surface area contributed by atoms with E-state index in [1.54, 1.807) is 0 Å². The van der Waals surface area contributed by atoms with E-state index in [1.165, 1.54) is 37.1 Å². The highest BCUT2D eigenvalue weighted by atomic mass is 16.2. The molecule has 1 amide bonds. The smallest absolute Gasteiger partial charge is 0.231 e. The van der Waals surface area contributed by atoms with E-state index in [0.29, 0.717) is 0 Å². The van der Waals surface area contributed by atoms with Crippen LogP contribution in [0.1, 0.15) is 49.7 Å². The number of nitrogens with one attached hydrogen (secondary N) is 1. The van der Waals surface area contributed by atoms with E-state index in [4.69, 9.17) is 0 Å². The van der Waals surface area contributed by atoms with Gasteiger partial charge in [-0.2, -0.15) is 0 Å². The molecule has 1 heterocycles. The third-order valence-corrected chi connectivity index (χ3v) is 5.92. The molecule has 0 aromatic heterocycles. The minimum Gasteiger partial charge on any atom is -0.349 e. The van der Waals surface area contributed by atoms with Gasteiger partial charge >= 0.3 is 0 Å². The molecule has 118 valence electrons. The summed E-state index contributed by atoms with van der Waals surface area (Å²) in [4.78, 5) is 15.6. The summed E-state index contributed by atoms with van der Waals surface area (Å²) in [5.74, 6) is 0.280. The molecule has 3 nitrogen and oxygen atoms in total. The second kappa shape index (κ2) is 5.09. The predicted octanol–water partition coefficient (Wildman–Crippen LogP) is 2.77. The summed E-state index contributed by atoms with van der Waals surface area (Å²) in [7, 11) is 0.